The summed E-state index contributed by atoms with van der Waals surface area (Å²) in [6.07, 6.45) is 2.02. The Bertz CT molecular complexity index is 821. The summed E-state index contributed by atoms with van der Waals surface area (Å²) in [5.41, 5.74) is 5.45. The Morgan fingerprint density at radius 2 is 1.96 bits per heavy atom. The molecule has 25 heavy (non-hydrogen) atoms. The molecule has 1 aromatic heterocycles. The molecule has 136 valence electrons. The van der Waals surface area contributed by atoms with E-state index in [1.165, 1.54) is 12.1 Å². The number of nitrogens with two attached hydrogens (primary N) is 1. The number of nitrogens with one attached hydrogen (secondary N) is 1. The highest BCUT2D eigenvalue weighted by Gasteiger charge is 2.29. The summed E-state index contributed by atoms with van der Waals surface area (Å²) >= 11 is 3.33. The molecule has 0 saturated heterocycles. The molecule has 1 heterocycles. The van der Waals surface area contributed by atoms with Gasteiger partial charge in [0.15, 0.2) is 0 Å². The highest BCUT2D eigenvalue weighted by atomic mass is 79.9. The van der Waals surface area contributed by atoms with Crippen molar-refractivity contribution in [3.63, 3.8) is 0 Å². The van der Waals surface area contributed by atoms with Crippen molar-refractivity contribution < 1.29 is 13.5 Å². The van der Waals surface area contributed by atoms with Gasteiger partial charge in [-0.1, -0.05) is 18.2 Å². The molecule has 0 aliphatic rings. The van der Waals surface area contributed by atoms with E-state index in [0.29, 0.717) is 16.7 Å². The summed E-state index contributed by atoms with van der Waals surface area (Å²) in [6.45, 7) is 3.56. The first-order valence-corrected chi connectivity index (χ1v) is 10.1. The molecule has 8 heteroatoms. The van der Waals surface area contributed by atoms with Gasteiger partial charge in [0, 0.05) is 18.7 Å². The minimum atomic E-state index is -3.58. The lowest BCUT2D eigenvalue weighted by Gasteiger charge is -2.30. The maximum absolute atomic E-state index is 12.3. The van der Waals surface area contributed by atoms with Crippen molar-refractivity contribution in [3.8, 4) is 0 Å². The van der Waals surface area contributed by atoms with Gasteiger partial charge in [-0.2, -0.15) is 0 Å². The molecule has 0 aliphatic heterocycles. The van der Waals surface area contributed by atoms with E-state index in [0.717, 1.165) is 5.56 Å². The molecule has 0 amide bonds. The van der Waals surface area contributed by atoms with Gasteiger partial charge < -0.3 is 10.8 Å². The van der Waals surface area contributed by atoms with Crippen LogP contribution >= 0.6 is 15.9 Å². The normalized spacial score (nSPS) is 13.6. The summed E-state index contributed by atoms with van der Waals surface area (Å²) in [4.78, 5) is 4.31. The van der Waals surface area contributed by atoms with E-state index in [4.69, 9.17) is 5.73 Å². The molecule has 2 rings (SSSR count). The lowest BCUT2D eigenvalue weighted by molar-refractivity contribution is 0.0469. The highest BCUT2D eigenvalue weighted by molar-refractivity contribution is 9.10. The fourth-order valence-corrected chi connectivity index (χ4v) is 4.04. The van der Waals surface area contributed by atoms with E-state index >= 15 is 0 Å². The van der Waals surface area contributed by atoms with Crippen LogP contribution < -0.4 is 10.5 Å². The van der Waals surface area contributed by atoms with Crippen LogP contribution in [0.3, 0.4) is 0 Å². The van der Waals surface area contributed by atoms with E-state index in [-0.39, 0.29) is 17.4 Å². The second kappa shape index (κ2) is 7.82. The first-order chi connectivity index (χ1) is 11.6. The number of hydrogen-bond acceptors (Lipinski definition) is 5. The maximum Gasteiger partial charge on any atom is 0.240 e. The van der Waals surface area contributed by atoms with Gasteiger partial charge in [-0.15, -0.1) is 0 Å². The summed E-state index contributed by atoms with van der Waals surface area (Å²) in [5, 5.41) is 10.5. The maximum atomic E-state index is 12.3. The topological polar surface area (TPSA) is 105 Å². The Labute approximate surface area is 156 Å². The highest BCUT2D eigenvalue weighted by Crippen LogP contribution is 2.33. The number of benzene rings is 1. The average Bonchev–Trinajstić information content (AvgIpc) is 2.54. The SMILES string of the molecule is CC(C)(O)C(CCNS(=O)(=O)c1ccccc1)c1cnc(N)c(Br)c1. The van der Waals surface area contributed by atoms with Crippen LogP contribution in [0, 0.1) is 0 Å². The summed E-state index contributed by atoms with van der Waals surface area (Å²) in [5.74, 6) is 0.0541. The number of aromatic nitrogens is 1. The number of anilines is 1. The molecule has 4 N–H and O–H groups in total. The molecule has 6 nitrogen and oxygen atoms in total. The molecule has 0 saturated carbocycles. The number of halogens is 1. The van der Waals surface area contributed by atoms with Gasteiger partial charge in [0.05, 0.1) is 15.0 Å². The quantitative estimate of drug-likeness (QED) is 0.629. The van der Waals surface area contributed by atoms with Gasteiger partial charge in [0.25, 0.3) is 0 Å². The van der Waals surface area contributed by atoms with Gasteiger partial charge in [0.2, 0.25) is 10.0 Å². The number of aliphatic hydroxyl groups is 1. The van der Waals surface area contributed by atoms with Crippen LogP contribution in [0.2, 0.25) is 0 Å². The molecular weight excluding hydrogens is 406 g/mol. The molecule has 1 atom stereocenters. The third-order valence-electron chi connectivity index (χ3n) is 3.92. The number of pyridine rings is 1. The third kappa shape index (κ3) is 5.24. The lowest BCUT2D eigenvalue weighted by Crippen LogP contribution is -2.33. The molecule has 0 fully saturated rings. The predicted octanol–water partition coefficient (Wildman–Crippen LogP) is 2.65. The summed E-state index contributed by atoms with van der Waals surface area (Å²) in [7, 11) is -3.58. The predicted molar refractivity (Wildman–Crippen MR) is 102 cm³/mol. The van der Waals surface area contributed by atoms with Gasteiger partial charge in [0.1, 0.15) is 5.82 Å². The molecule has 0 aliphatic carbocycles. The van der Waals surface area contributed by atoms with Crippen molar-refractivity contribution >= 4 is 31.8 Å². The van der Waals surface area contributed by atoms with E-state index in [9.17, 15) is 13.5 Å². The van der Waals surface area contributed by atoms with Crippen LogP contribution in [-0.2, 0) is 10.0 Å². The first kappa shape index (κ1) is 19.8. The van der Waals surface area contributed by atoms with Crippen LogP contribution in [0.15, 0.2) is 52.0 Å². The number of sulfonamides is 1. The van der Waals surface area contributed by atoms with E-state index in [1.54, 1.807) is 44.3 Å². The molecule has 1 aromatic carbocycles. The zero-order valence-corrected chi connectivity index (χ0v) is 16.5. The van der Waals surface area contributed by atoms with Gasteiger partial charge >= 0.3 is 0 Å². The number of hydrogen-bond donors (Lipinski definition) is 3. The second-order valence-electron chi connectivity index (χ2n) is 6.34. The second-order valence-corrected chi connectivity index (χ2v) is 8.96. The zero-order chi connectivity index (χ0) is 18.7. The van der Waals surface area contributed by atoms with Crippen molar-refractivity contribution in [2.45, 2.75) is 36.7 Å². The number of nitrogens with zero attached hydrogens (tertiary/aromatic N) is 1. The summed E-state index contributed by atoms with van der Waals surface area (Å²) in [6, 6.07) is 9.98. The Morgan fingerprint density at radius 3 is 2.52 bits per heavy atom. The fourth-order valence-electron chi connectivity index (χ4n) is 2.60. The van der Waals surface area contributed by atoms with Crippen LogP contribution in [0.1, 0.15) is 31.7 Å². The van der Waals surface area contributed by atoms with E-state index in [2.05, 4.69) is 25.6 Å². The largest absolute Gasteiger partial charge is 0.390 e. The molecule has 0 spiro atoms. The molecule has 2 aromatic rings. The molecular formula is C17H22BrN3O3S. The first-order valence-electron chi connectivity index (χ1n) is 7.79. The van der Waals surface area contributed by atoms with Crippen molar-refractivity contribution in [2.75, 3.05) is 12.3 Å². The number of nitrogen functional groups attached to an aromatic ring is 1. The summed E-state index contributed by atoms with van der Waals surface area (Å²) < 4.78 is 27.8. The van der Waals surface area contributed by atoms with Crippen molar-refractivity contribution in [1.82, 2.24) is 9.71 Å². The average molecular weight is 428 g/mol. The Kier molecular flexibility index (Phi) is 6.21. The molecule has 1 unspecified atom stereocenters. The monoisotopic (exact) mass is 427 g/mol. The van der Waals surface area contributed by atoms with Crippen molar-refractivity contribution in [3.05, 3.63) is 52.6 Å². The smallest absolute Gasteiger partial charge is 0.240 e. The lowest BCUT2D eigenvalue weighted by atomic mass is 9.83. The van der Waals surface area contributed by atoms with Crippen LogP contribution in [0.4, 0.5) is 5.82 Å². The van der Waals surface area contributed by atoms with Gasteiger partial charge in [-0.25, -0.2) is 18.1 Å². The molecule has 0 radical (unpaired) electrons. The standard InChI is InChI=1S/C17H22BrN3O3S/c1-17(2,22)14(12-10-15(18)16(19)20-11-12)8-9-21-25(23,24)13-6-4-3-5-7-13/h3-7,10-11,14,21-22H,8-9H2,1-2H3,(H2,19,20). The van der Waals surface area contributed by atoms with Crippen molar-refractivity contribution in [1.29, 1.82) is 0 Å². The van der Waals surface area contributed by atoms with Crippen molar-refractivity contribution in [2.24, 2.45) is 0 Å². The van der Waals surface area contributed by atoms with E-state index < -0.39 is 15.6 Å². The fraction of sp³-hybridized carbons (Fsp3) is 0.353. The van der Waals surface area contributed by atoms with E-state index in [1.807, 2.05) is 0 Å². The number of rotatable bonds is 7. The van der Waals surface area contributed by atoms with Crippen LogP contribution in [0.5, 0.6) is 0 Å². The Balaban J connectivity index is 2.12. The van der Waals surface area contributed by atoms with Gasteiger partial charge in [-0.3, -0.25) is 0 Å². The van der Waals surface area contributed by atoms with Crippen LogP contribution in [0.25, 0.3) is 0 Å². The Hall–Kier alpha value is -1.48. The Morgan fingerprint density at radius 1 is 1.32 bits per heavy atom. The zero-order valence-electron chi connectivity index (χ0n) is 14.1. The minimum Gasteiger partial charge on any atom is -0.390 e. The third-order valence-corrected chi connectivity index (χ3v) is 6.04. The minimum absolute atomic E-state index is 0.188. The van der Waals surface area contributed by atoms with Gasteiger partial charge in [-0.05, 0) is 60.0 Å². The van der Waals surface area contributed by atoms with Crippen LogP contribution in [-0.4, -0.2) is 30.7 Å². The molecule has 0 bridgehead atoms.